The Morgan fingerprint density at radius 3 is 2.53 bits per heavy atom. The van der Waals surface area contributed by atoms with E-state index < -0.39 is 0 Å². The van der Waals surface area contributed by atoms with Crippen molar-refractivity contribution >= 4 is 11.8 Å². The Bertz CT molecular complexity index is 317. The Balaban J connectivity index is 1.77. The number of benzene rings is 1. The summed E-state index contributed by atoms with van der Waals surface area (Å²) in [7, 11) is 0. The first-order valence-corrected chi connectivity index (χ1v) is 7.52. The first kappa shape index (κ1) is 12.9. The van der Waals surface area contributed by atoms with E-state index in [1.807, 2.05) is 11.8 Å². The summed E-state index contributed by atoms with van der Waals surface area (Å²) in [5.41, 5.74) is 1.46. The molecular weight excluding hydrogens is 228 g/mol. The summed E-state index contributed by atoms with van der Waals surface area (Å²) in [6.07, 6.45) is 1.18. The van der Waals surface area contributed by atoms with Gasteiger partial charge >= 0.3 is 0 Å². The Labute approximate surface area is 109 Å². The second-order valence-electron chi connectivity index (χ2n) is 4.42. The highest BCUT2D eigenvalue weighted by Gasteiger charge is 2.08. The van der Waals surface area contributed by atoms with Gasteiger partial charge in [-0.2, -0.15) is 0 Å². The molecule has 1 saturated heterocycles. The lowest BCUT2D eigenvalue weighted by atomic mass is 10.1. The number of piperazine rings is 1. The highest BCUT2D eigenvalue weighted by molar-refractivity contribution is 7.99. The second-order valence-corrected chi connectivity index (χ2v) is 5.76. The van der Waals surface area contributed by atoms with Gasteiger partial charge in [-0.3, -0.25) is 0 Å². The molecule has 94 valence electrons. The number of hydrogen-bond donors (Lipinski definition) is 1. The molecule has 1 aliphatic rings. The van der Waals surface area contributed by atoms with Gasteiger partial charge in [0.15, 0.2) is 0 Å². The van der Waals surface area contributed by atoms with Crippen LogP contribution in [0.3, 0.4) is 0 Å². The van der Waals surface area contributed by atoms with Crippen molar-refractivity contribution in [3.05, 3.63) is 29.8 Å². The maximum absolute atomic E-state index is 3.39. The SMILES string of the molecule is CCSc1ccc(CCN2CCNCC2)cc1. The van der Waals surface area contributed by atoms with Gasteiger partial charge in [0.05, 0.1) is 0 Å². The molecule has 0 bridgehead atoms. The minimum atomic E-state index is 1.14. The van der Waals surface area contributed by atoms with Crippen LogP contribution in [0.25, 0.3) is 0 Å². The summed E-state index contributed by atoms with van der Waals surface area (Å²) in [6, 6.07) is 9.06. The summed E-state index contributed by atoms with van der Waals surface area (Å²) in [5, 5.41) is 3.39. The van der Waals surface area contributed by atoms with E-state index in [1.54, 1.807) is 0 Å². The van der Waals surface area contributed by atoms with E-state index >= 15 is 0 Å². The summed E-state index contributed by atoms with van der Waals surface area (Å²) in [4.78, 5) is 3.93. The van der Waals surface area contributed by atoms with Crippen molar-refractivity contribution in [2.24, 2.45) is 0 Å². The van der Waals surface area contributed by atoms with E-state index in [9.17, 15) is 0 Å². The molecule has 1 aromatic carbocycles. The van der Waals surface area contributed by atoms with Gasteiger partial charge in [0.2, 0.25) is 0 Å². The lowest BCUT2D eigenvalue weighted by Crippen LogP contribution is -2.44. The molecule has 0 aromatic heterocycles. The largest absolute Gasteiger partial charge is 0.314 e. The molecule has 0 radical (unpaired) electrons. The zero-order valence-electron chi connectivity index (χ0n) is 10.6. The number of nitrogens with zero attached hydrogens (tertiary/aromatic N) is 1. The number of thioether (sulfide) groups is 1. The van der Waals surface area contributed by atoms with E-state index in [4.69, 9.17) is 0 Å². The van der Waals surface area contributed by atoms with E-state index in [-0.39, 0.29) is 0 Å². The van der Waals surface area contributed by atoms with Crippen LogP contribution in [0.1, 0.15) is 12.5 Å². The number of hydrogen-bond acceptors (Lipinski definition) is 3. The van der Waals surface area contributed by atoms with E-state index in [1.165, 1.54) is 36.5 Å². The average Bonchev–Trinajstić information content (AvgIpc) is 2.40. The van der Waals surface area contributed by atoms with Crippen LogP contribution in [0.15, 0.2) is 29.2 Å². The predicted molar refractivity (Wildman–Crippen MR) is 75.9 cm³/mol. The Hall–Kier alpha value is -0.510. The molecule has 2 nitrogen and oxygen atoms in total. The molecule has 3 heteroatoms. The van der Waals surface area contributed by atoms with E-state index in [0.717, 1.165) is 18.8 Å². The van der Waals surface area contributed by atoms with Crippen molar-refractivity contribution in [2.45, 2.75) is 18.2 Å². The zero-order valence-corrected chi connectivity index (χ0v) is 11.4. The van der Waals surface area contributed by atoms with Crippen molar-refractivity contribution in [1.29, 1.82) is 0 Å². The molecule has 0 spiro atoms. The van der Waals surface area contributed by atoms with Gasteiger partial charge in [-0.15, -0.1) is 11.8 Å². The molecule has 0 aliphatic carbocycles. The molecule has 0 amide bonds. The van der Waals surface area contributed by atoms with Crippen molar-refractivity contribution in [1.82, 2.24) is 10.2 Å². The molecule has 1 aromatic rings. The van der Waals surface area contributed by atoms with Crippen LogP contribution >= 0.6 is 11.8 Å². The number of rotatable bonds is 5. The normalized spacial score (nSPS) is 17.2. The topological polar surface area (TPSA) is 15.3 Å². The Morgan fingerprint density at radius 1 is 1.18 bits per heavy atom. The minimum Gasteiger partial charge on any atom is -0.314 e. The average molecular weight is 250 g/mol. The lowest BCUT2D eigenvalue weighted by Gasteiger charge is -2.27. The van der Waals surface area contributed by atoms with Crippen LogP contribution < -0.4 is 5.32 Å². The van der Waals surface area contributed by atoms with Gasteiger partial charge in [-0.05, 0) is 29.9 Å². The highest BCUT2D eigenvalue weighted by Crippen LogP contribution is 2.17. The maximum atomic E-state index is 3.39. The highest BCUT2D eigenvalue weighted by atomic mass is 32.2. The molecule has 1 aliphatic heterocycles. The lowest BCUT2D eigenvalue weighted by molar-refractivity contribution is 0.244. The van der Waals surface area contributed by atoms with Crippen molar-refractivity contribution < 1.29 is 0 Å². The quantitative estimate of drug-likeness (QED) is 0.807. The second kappa shape index (κ2) is 7.04. The molecule has 0 saturated carbocycles. The Morgan fingerprint density at radius 2 is 1.88 bits per heavy atom. The molecule has 0 atom stereocenters. The molecule has 0 unspecified atom stereocenters. The summed E-state index contributed by atoms with van der Waals surface area (Å²) in [6.45, 7) is 8.08. The fourth-order valence-corrected chi connectivity index (χ4v) is 2.80. The van der Waals surface area contributed by atoms with Crippen LogP contribution in [-0.4, -0.2) is 43.4 Å². The molecule has 1 heterocycles. The van der Waals surface area contributed by atoms with Crippen LogP contribution in [-0.2, 0) is 6.42 Å². The van der Waals surface area contributed by atoms with Crippen molar-refractivity contribution in [2.75, 3.05) is 38.5 Å². The van der Waals surface area contributed by atoms with Gasteiger partial charge in [-0.25, -0.2) is 0 Å². The van der Waals surface area contributed by atoms with Crippen molar-refractivity contribution in [3.63, 3.8) is 0 Å². The van der Waals surface area contributed by atoms with E-state index in [2.05, 4.69) is 41.4 Å². The third-order valence-electron chi connectivity index (χ3n) is 3.16. The fourth-order valence-electron chi connectivity index (χ4n) is 2.14. The third-order valence-corrected chi connectivity index (χ3v) is 4.05. The van der Waals surface area contributed by atoms with Crippen LogP contribution in [0, 0.1) is 0 Å². The van der Waals surface area contributed by atoms with Crippen LogP contribution in [0.4, 0.5) is 0 Å². The summed E-state index contributed by atoms with van der Waals surface area (Å²) < 4.78 is 0. The van der Waals surface area contributed by atoms with Gasteiger partial charge in [0.25, 0.3) is 0 Å². The van der Waals surface area contributed by atoms with Gasteiger partial charge in [0.1, 0.15) is 0 Å². The monoisotopic (exact) mass is 250 g/mol. The van der Waals surface area contributed by atoms with E-state index in [0.29, 0.717) is 0 Å². The predicted octanol–water partition coefficient (Wildman–Crippen LogP) is 2.25. The third kappa shape index (κ3) is 4.34. The first-order valence-electron chi connectivity index (χ1n) is 6.53. The Kier molecular flexibility index (Phi) is 5.36. The molecule has 1 fully saturated rings. The first-order chi connectivity index (χ1) is 8.38. The van der Waals surface area contributed by atoms with Gasteiger partial charge in [-0.1, -0.05) is 19.1 Å². The molecule has 17 heavy (non-hydrogen) atoms. The standard InChI is InChI=1S/C14H22N2S/c1-2-17-14-5-3-13(4-6-14)7-10-16-11-8-15-9-12-16/h3-6,15H,2,7-12H2,1H3. The van der Waals surface area contributed by atoms with Crippen molar-refractivity contribution in [3.8, 4) is 0 Å². The molecular formula is C14H22N2S. The summed E-state index contributed by atoms with van der Waals surface area (Å²) in [5.74, 6) is 1.15. The smallest absolute Gasteiger partial charge is 0.0108 e. The zero-order chi connectivity index (χ0) is 11.9. The minimum absolute atomic E-state index is 1.14. The van der Waals surface area contributed by atoms with Gasteiger partial charge in [0, 0.05) is 37.6 Å². The molecule has 2 rings (SSSR count). The molecule has 1 N–H and O–H groups in total. The maximum Gasteiger partial charge on any atom is 0.0108 e. The van der Waals surface area contributed by atoms with Crippen LogP contribution in [0.2, 0.25) is 0 Å². The number of nitrogens with one attached hydrogen (secondary N) is 1. The van der Waals surface area contributed by atoms with Crippen LogP contribution in [0.5, 0.6) is 0 Å². The summed E-state index contributed by atoms with van der Waals surface area (Å²) >= 11 is 1.91. The fraction of sp³-hybridized carbons (Fsp3) is 0.571. The van der Waals surface area contributed by atoms with Gasteiger partial charge < -0.3 is 10.2 Å².